The molecule has 0 aromatic rings. The minimum Gasteiger partial charge on any atom is -0.387 e. The van der Waals surface area contributed by atoms with E-state index in [1.807, 2.05) is 6.07 Å². The third kappa shape index (κ3) is 3.80. The molecule has 0 bridgehead atoms. The molecule has 1 spiro atoms. The van der Waals surface area contributed by atoms with Crippen molar-refractivity contribution in [3.63, 3.8) is 0 Å². The Morgan fingerprint density at radius 2 is 2.14 bits per heavy atom. The lowest BCUT2D eigenvalue weighted by Crippen LogP contribution is -2.54. The number of carbonyl (C=O) groups excluding carboxylic acids is 2. The van der Waals surface area contributed by atoms with Crippen LogP contribution >= 0.6 is 0 Å². The van der Waals surface area contributed by atoms with E-state index in [2.05, 4.69) is 15.4 Å². The van der Waals surface area contributed by atoms with Gasteiger partial charge in [0.15, 0.2) is 11.3 Å². The summed E-state index contributed by atoms with van der Waals surface area (Å²) < 4.78 is 28.2. The molecule has 8 nitrogen and oxygen atoms in total. The molecule has 3 N–H and O–H groups in total. The number of carbonyl (C=O) groups is 2. The molecular weight excluding hydrogens is 384 g/mol. The fourth-order valence-electron chi connectivity index (χ4n) is 4.64. The molecule has 0 radical (unpaired) electrons. The highest BCUT2D eigenvalue weighted by Gasteiger charge is 2.61. The van der Waals surface area contributed by atoms with Gasteiger partial charge in [0.25, 0.3) is 5.91 Å². The molecule has 2 heterocycles. The van der Waals surface area contributed by atoms with Crippen LogP contribution in [0.4, 0.5) is 8.78 Å². The van der Waals surface area contributed by atoms with Crippen molar-refractivity contribution >= 4 is 17.5 Å². The van der Waals surface area contributed by atoms with Crippen molar-refractivity contribution in [3.8, 4) is 6.07 Å². The van der Waals surface area contributed by atoms with Gasteiger partial charge in [0.2, 0.25) is 11.8 Å². The number of nitrogens with one attached hydrogen (secondary N) is 1. The molecule has 4 rings (SSSR count). The van der Waals surface area contributed by atoms with Crippen LogP contribution in [0.25, 0.3) is 0 Å². The van der Waals surface area contributed by atoms with E-state index in [0.717, 1.165) is 19.8 Å². The summed E-state index contributed by atoms with van der Waals surface area (Å²) in [4.78, 5) is 33.0. The Kier molecular flexibility index (Phi) is 4.57. The van der Waals surface area contributed by atoms with E-state index in [4.69, 9.17) is 10.6 Å². The molecule has 2 amide bonds. The van der Waals surface area contributed by atoms with Gasteiger partial charge in [-0.25, -0.2) is 8.78 Å². The number of hydrogen-bond donors (Lipinski definition) is 2. The Morgan fingerprint density at radius 3 is 2.66 bits per heavy atom. The highest BCUT2D eigenvalue weighted by atomic mass is 19.3. The first-order chi connectivity index (χ1) is 13.6. The number of amides is 2. The highest BCUT2D eigenvalue weighted by Crippen LogP contribution is 2.47. The Balaban J connectivity index is 1.66. The topological polar surface area (TPSA) is 121 Å². The van der Waals surface area contributed by atoms with E-state index >= 15 is 0 Å². The third-order valence-corrected chi connectivity index (χ3v) is 6.44. The van der Waals surface area contributed by atoms with Gasteiger partial charge in [-0.05, 0) is 32.6 Å². The van der Waals surface area contributed by atoms with Crippen LogP contribution in [-0.4, -0.2) is 58.6 Å². The van der Waals surface area contributed by atoms with Gasteiger partial charge in [-0.2, -0.15) is 5.26 Å². The Morgan fingerprint density at radius 1 is 1.45 bits per heavy atom. The number of oxime groups is 1. The highest BCUT2D eigenvalue weighted by molar-refractivity contribution is 6.40. The molecule has 1 saturated heterocycles. The molecule has 3 atom stereocenters. The largest absolute Gasteiger partial charge is 0.387 e. The summed E-state index contributed by atoms with van der Waals surface area (Å²) in [6, 6.07) is 2.46. The normalized spacial score (nSPS) is 31.7. The molecule has 158 valence electrons. The van der Waals surface area contributed by atoms with Gasteiger partial charge in [-0.1, -0.05) is 5.16 Å². The van der Waals surface area contributed by atoms with Gasteiger partial charge in [0.1, 0.15) is 5.54 Å². The van der Waals surface area contributed by atoms with Crippen LogP contribution in [0.1, 0.15) is 45.4 Å². The average Bonchev–Trinajstić information content (AvgIpc) is 3.56. The maximum atomic E-state index is 14.1. The summed E-state index contributed by atoms with van der Waals surface area (Å²) >= 11 is 0. The van der Waals surface area contributed by atoms with E-state index in [9.17, 15) is 23.6 Å². The van der Waals surface area contributed by atoms with Gasteiger partial charge >= 0.3 is 0 Å². The molecular formula is C19H25F2N5O3. The molecule has 3 fully saturated rings. The smallest absolute Gasteiger partial charge is 0.266 e. The summed E-state index contributed by atoms with van der Waals surface area (Å²) in [6.45, 7) is 1.83. The van der Waals surface area contributed by atoms with Gasteiger partial charge in [0.05, 0.1) is 17.9 Å². The van der Waals surface area contributed by atoms with Crippen LogP contribution in [0.15, 0.2) is 5.16 Å². The quantitative estimate of drug-likeness (QED) is 0.648. The van der Waals surface area contributed by atoms with Crippen molar-refractivity contribution in [2.75, 3.05) is 13.1 Å². The van der Waals surface area contributed by atoms with E-state index in [1.165, 1.54) is 0 Å². The van der Waals surface area contributed by atoms with Crippen LogP contribution in [0, 0.1) is 23.2 Å². The Labute approximate surface area is 167 Å². The second-order valence-electron chi connectivity index (χ2n) is 8.99. The molecule has 2 unspecified atom stereocenters. The molecule has 10 heteroatoms. The minimum absolute atomic E-state index is 0.172. The number of nitrogens with zero attached hydrogens (tertiary/aromatic N) is 3. The first-order valence-electron chi connectivity index (χ1n) is 9.99. The van der Waals surface area contributed by atoms with Crippen molar-refractivity contribution < 1.29 is 23.2 Å². The van der Waals surface area contributed by atoms with Crippen LogP contribution < -0.4 is 11.1 Å². The maximum Gasteiger partial charge on any atom is 0.266 e. The van der Waals surface area contributed by atoms with Crippen LogP contribution in [0.3, 0.4) is 0 Å². The molecule has 2 aliphatic carbocycles. The molecule has 29 heavy (non-hydrogen) atoms. The van der Waals surface area contributed by atoms with Crippen LogP contribution in [0.5, 0.6) is 0 Å². The lowest BCUT2D eigenvalue weighted by atomic mass is 9.72. The summed E-state index contributed by atoms with van der Waals surface area (Å²) in [5, 5.41) is 15.8. The lowest BCUT2D eigenvalue weighted by molar-refractivity contribution is -0.135. The van der Waals surface area contributed by atoms with Crippen molar-refractivity contribution in [3.05, 3.63) is 0 Å². The fraction of sp³-hybridized carbons (Fsp3) is 0.789. The van der Waals surface area contributed by atoms with Gasteiger partial charge in [-0.3, -0.25) is 14.5 Å². The summed E-state index contributed by atoms with van der Waals surface area (Å²) in [7, 11) is 0. The number of alkyl halides is 2. The molecule has 2 aliphatic heterocycles. The Bertz CT molecular complexity index is 797. The van der Waals surface area contributed by atoms with Crippen molar-refractivity contribution in [2.24, 2.45) is 22.7 Å². The maximum absolute atomic E-state index is 14.1. The zero-order valence-corrected chi connectivity index (χ0v) is 16.3. The van der Waals surface area contributed by atoms with Crippen LogP contribution in [0.2, 0.25) is 0 Å². The third-order valence-electron chi connectivity index (χ3n) is 6.44. The second-order valence-corrected chi connectivity index (χ2v) is 8.99. The van der Waals surface area contributed by atoms with Gasteiger partial charge in [-0.15, -0.1) is 0 Å². The first kappa shape index (κ1) is 20.0. The number of nitriles is 1. The molecule has 2 saturated carbocycles. The standard InChI is InChI=1S/C19H25F2N5O3/c1-17(20,21)8-12(16(28)24-18(9-22)4-5-18)13-14(15(23)27)25-29-19(13)6-7-26(10-19)11-2-3-11/h11-13H,2-8,10H2,1H3,(H2,23,27)(H,24,28)/t12-,13?,19?/m0/s1. The van der Waals surface area contributed by atoms with Gasteiger partial charge < -0.3 is 15.9 Å². The zero-order valence-electron chi connectivity index (χ0n) is 16.3. The summed E-state index contributed by atoms with van der Waals surface area (Å²) in [5.41, 5.74) is 3.26. The van der Waals surface area contributed by atoms with Gasteiger partial charge in [0, 0.05) is 32.0 Å². The number of hydrogen-bond acceptors (Lipinski definition) is 6. The number of rotatable bonds is 7. The van der Waals surface area contributed by atoms with E-state index in [0.29, 0.717) is 38.4 Å². The average molecular weight is 409 g/mol. The number of primary amides is 1. The lowest BCUT2D eigenvalue weighted by Gasteiger charge is -2.35. The molecule has 0 aromatic heterocycles. The predicted octanol–water partition coefficient (Wildman–Crippen LogP) is 0.915. The fourth-order valence-corrected chi connectivity index (χ4v) is 4.64. The monoisotopic (exact) mass is 409 g/mol. The van der Waals surface area contributed by atoms with Crippen molar-refractivity contribution in [1.29, 1.82) is 5.26 Å². The predicted molar refractivity (Wildman–Crippen MR) is 97.6 cm³/mol. The first-order valence-corrected chi connectivity index (χ1v) is 9.99. The number of likely N-dealkylation sites (tertiary alicyclic amines) is 1. The summed E-state index contributed by atoms with van der Waals surface area (Å²) in [6.07, 6.45) is 2.76. The van der Waals surface area contributed by atoms with Crippen molar-refractivity contribution in [1.82, 2.24) is 10.2 Å². The SMILES string of the molecule is CC(F)(F)C[C@H](C(=O)NC1(C#N)CC1)C1C(C(N)=O)=NOC12CCN(C1CC1)C2. The molecule has 4 aliphatic rings. The summed E-state index contributed by atoms with van der Waals surface area (Å²) in [5.74, 6) is -6.99. The second kappa shape index (κ2) is 6.62. The zero-order chi connectivity index (χ0) is 21.0. The Hall–Kier alpha value is -2.28. The van der Waals surface area contributed by atoms with Crippen LogP contribution in [-0.2, 0) is 14.4 Å². The van der Waals surface area contributed by atoms with Crippen molar-refractivity contribution in [2.45, 2.75) is 68.6 Å². The number of halogens is 2. The molecule has 0 aromatic carbocycles. The number of nitrogens with two attached hydrogens (primary N) is 1. The van der Waals surface area contributed by atoms with E-state index in [1.54, 1.807) is 0 Å². The van der Waals surface area contributed by atoms with E-state index in [-0.39, 0.29) is 5.71 Å². The van der Waals surface area contributed by atoms with E-state index < -0.39 is 47.1 Å². The minimum atomic E-state index is -3.16.